The molecule has 1 aliphatic rings. The molecule has 6 heteroatoms. The summed E-state index contributed by atoms with van der Waals surface area (Å²) in [4.78, 5) is 26.5. The summed E-state index contributed by atoms with van der Waals surface area (Å²) in [5, 5.41) is 5.83. The maximum absolute atomic E-state index is 12.5. The molecule has 126 valence electrons. The molecule has 0 saturated carbocycles. The summed E-state index contributed by atoms with van der Waals surface area (Å²) in [5.41, 5.74) is 1.11. The van der Waals surface area contributed by atoms with Crippen molar-refractivity contribution in [2.75, 3.05) is 39.1 Å². The van der Waals surface area contributed by atoms with Crippen molar-refractivity contribution in [3.63, 3.8) is 0 Å². The first-order chi connectivity index (χ1) is 11.1. The normalized spacial score (nSPS) is 15.3. The molecule has 2 amide bonds. The molecule has 1 aromatic rings. The summed E-state index contributed by atoms with van der Waals surface area (Å²) in [6.07, 6.45) is 2.10. The summed E-state index contributed by atoms with van der Waals surface area (Å²) in [6.45, 7) is 4.02. The second-order valence-corrected chi connectivity index (χ2v) is 5.86. The monoisotopic (exact) mass is 319 g/mol. The van der Waals surface area contributed by atoms with Gasteiger partial charge in [0.25, 0.3) is 5.91 Å². The smallest absolute Gasteiger partial charge is 0.253 e. The highest BCUT2D eigenvalue weighted by Crippen LogP contribution is 2.27. The van der Waals surface area contributed by atoms with Crippen LogP contribution in [0, 0.1) is 5.92 Å². The van der Waals surface area contributed by atoms with E-state index < -0.39 is 0 Å². The molecule has 1 fully saturated rings. The van der Waals surface area contributed by atoms with Crippen LogP contribution in [0.1, 0.15) is 30.1 Å². The molecule has 0 spiro atoms. The van der Waals surface area contributed by atoms with Gasteiger partial charge in [-0.05, 0) is 38.1 Å². The molecule has 0 aliphatic carbocycles. The molecule has 6 nitrogen and oxygen atoms in total. The van der Waals surface area contributed by atoms with Crippen molar-refractivity contribution in [3.05, 3.63) is 23.8 Å². The Labute approximate surface area is 137 Å². The van der Waals surface area contributed by atoms with Crippen LogP contribution in [0.25, 0.3) is 0 Å². The molecule has 1 aliphatic heterocycles. The number of carbonyl (C=O) groups excluding carboxylic acids is 2. The maximum atomic E-state index is 12.5. The summed E-state index contributed by atoms with van der Waals surface area (Å²) in [7, 11) is 3.35. The second kappa shape index (κ2) is 7.97. The number of anilines is 1. The van der Waals surface area contributed by atoms with Gasteiger partial charge >= 0.3 is 0 Å². The zero-order chi connectivity index (χ0) is 16.8. The van der Waals surface area contributed by atoms with Crippen molar-refractivity contribution in [1.29, 1.82) is 0 Å². The zero-order valence-corrected chi connectivity index (χ0v) is 14.0. The first-order valence-electron chi connectivity index (χ1n) is 7.99. The quantitative estimate of drug-likeness (QED) is 0.838. The number of hydrogen-bond acceptors (Lipinski definition) is 4. The lowest BCUT2D eigenvalue weighted by Crippen LogP contribution is -2.29. The fraction of sp³-hybridized carbons (Fsp3) is 0.529. The summed E-state index contributed by atoms with van der Waals surface area (Å²) < 4.78 is 5.29. The van der Waals surface area contributed by atoms with Gasteiger partial charge in [0.2, 0.25) is 5.91 Å². The molecule has 0 bridgehead atoms. The van der Waals surface area contributed by atoms with E-state index in [-0.39, 0.29) is 17.7 Å². The van der Waals surface area contributed by atoms with Crippen LogP contribution in [-0.2, 0) is 4.79 Å². The molecule has 0 radical (unpaired) electrons. The van der Waals surface area contributed by atoms with Crippen molar-refractivity contribution in [2.45, 2.75) is 19.8 Å². The number of methoxy groups -OCH3 is 1. The number of ether oxygens (including phenoxy) is 1. The van der Waals surface area contributed by atoms with E-state index in [1.807, 2.05) is 11.8 Å². The molecule has 1 unspecified atom stereocenters. The van der Waals surface area contributed by atoms with Gasteiger partial charge in [-0.1, -0.05) is 6.92 Å². The topological polar surface area (TPSA) is 70.7 Å². The predicted octanol–water partition coefficient (Wildman–Crippen LogP) is 1.73. The average molecular weight is 319 g/mol. The van der Waals surface area contributed by atoms with Gasteiger partial charge in [-0.2, -0.15) is 0 Å². The number of carbonyl (C=O) groups is 2. The van der Waals surface area contributed by atoms with Crippen LogP contribution in [0.2, 0.25) is 0 Å². The van der Waals surface area contributed by atoms with Gasteiger partial charge in [0.05, 0.1) is 12.8 Å². The van der Waals surface area contributed by atoms with Crippen LogP contribution >= 0.6 is 0 Å². The molecular formula is C17H25N3O3. The Bertz CT molecular complexity index is 568. The van der Waals surface area contributed by atoms with Gasteiger partial charge < -0.3 is 20.3 Å². The Hall–Kier alpha value is -2.08. The van der Waals surface area contributed by atoms with Crippen LogP contribution in [0.4, 0.5) is 5.69 Å². The van der Waals surface area contributed by atoms with Crippen molar-refractivity contribution in [3.8, 4) is 5.75 Å². The summed E-state index contributed by atoms with van der Waals surface area (Å²) >= 11 is 0. The first kappa shape index (κ1) is 17.3. The number of hydrogen-bond donors (Lipinski definition) is 2. The lowest BCUT2D eigenvalue weighted by atomic mass is 10.1. The lowest BCUT2D eigenvalue weighted by Gasteiger charge is -2.18. The van der Waals surface area contributed by atoms with Gasteiger partial charge in [0.1, 0.15) is 5.75 Å². The Balaban J connectivity index is 2.18. The molecule has 2 N–H and O–H groups in total. The maximum Gasteiger partial charge on any atom is 0.253 e. The van der Waals surface area contributed by atoms with Crippen LogP contribution in [0.5, 0.6) is 5.75 Å². The van der Waals surface area contributed by atoms with E-state index in [0.717, 1.165) is 25.9 Å². The minimum atomic E-state index is -0.178. The van der Waals surface area contributed by atoms with E-state index in [2.05, 4.69) is 10.6 Å². The van der Waals surface area contributed by atoms with Gasteiger partial charge in [-0.3, -0.25) is 9.59 Å². The third kappa shape index (κ3) is 4.22. The number of benzene rings is 1. The SMILES string of the molecule is CNCC(C)C(=O)Nc1cc(C(=O)N2CCCC2)ccc1OC. The Morgan fingerprint density at radius 3 is 2.61 bits per heavy atom. The Morgan fingerprint density at radius 1 is 1.30 bits per heavy atom. The number of likely N-dealkylation sites (tertiary alicyclic amines) is 1. The molecule has 2 rings (SSSR count). The van der Waals surface area contributed by atoms with E-state index in [4.69, 9.17) is 4.74 Å². The lowest BCUT2D eigenvalue weighted by molar-refractivity contribution is -0.119. The van der Waals surface area contributed by atoms with E-state index in [1.54, 1.807) is 32.4 Å². The zero-order valence-electron chi connectivity index (χ0n) is 14.0. The second-order valence-electron chi connectivity index (χ2n) is 5.86. The molecular weight excluding hydrogens is 294 g/mol. The third-order valence-corrected chi connectivity index (χ3v) is 4.06. The van der Waals surface area contributed by atoms with Gasteiger partial charge in [-0.25, -0.2) is 0 Å². The van der Waals surface area contributed by atoms with Crippen molar-refractivity contribution < 1.29 is 14.3 Å². The predicted molar refractivity (Wildman–Crippen MR) is 89.9 cm³/mol. The first-order valence-corrected chi connectivity index (χ1v) is 7.99. The molecule has 1 atom stereocenters. The van der Waals surface area contributed by atoms with E-state index in [0.29, 0.717) is 23.5 Å². The number of nitrogens with zero attached hydrogens (tertiary/aromatic N) is 1. The fourth-order valence-corrected chi connectivity index (χ4v) is 2.70. The highest BCUT2D eigenvalue weighted by atomic mass is 16.5. The minimum absolute atomic E-state index is 0.00363. The van der Waals surface area contributed by atoms with Crippen molar-refractivity contribution in [2.24, 2.45) is 5.92 Å². The number of amides is 2. The Morgan fingerprint density at radius 2 is 2.00 bits per heavy atom. The summed E-state index contributed by atoms with van der Waals surface area (Å²) in [6, 6.07) is 5.16. The number of nitrogens with one attached hydrogen (secondary N) is 2. The van der Waals surface area contributed by atoms with Crippen LogP contribution in [-0.4, -0.2) is 50.5 Å². The third-order valence-electron chi connectivity index (χ3n) is 4.06. The summed E-state index contributed by atoms with van der Waals surface area (Å²) in [5.74, 6) is 0.267. The van der Waals surface area contributed by atoms with Crippen LogP contribution in [0.3, 0.4) is 0 Å². The van der Waals surface area contributed by atoms with Gasteiger partial charge in [0.15, 0.2) is 0 Å². The van der Waals surface area contributed by atoms with Crippen molar-refractivity contribution in [1.82, 2.24) is 10.2 Å². The van der Waals surface area contributed by atoms with Gasteiger partial charge in [0, 0.05) is 31.1 Å². The standard InChI is InChI=1S/C17H25N3O3/c1-12(11-18-2)16(21)19-14-10-13(6-7-15(14)23-3)17(22)20-8-4-5-9-20/h6-7,10,12,18H,4-5,8-9,11H2,1-3H3,(H,19,21). The average Bonchev–Trinajstić information content (AvgIpc) is 3.08. The fourth-order valence-electron chi connectivity index (χ4n) is 2.70. The highest BCUT2D eigenvalue weighted by Gasteiger charge is 2.21. The largest absolute Gasteiger partial charge is 0.495 e. The van der Waals surface area contributed by atoms with Crippen LogP contribution < -0.4 is 15.4 Å². The van der Waals surface area contributed by atoms with E-state index in [1.165, 1.54) is 0 Å². The minimum Gasteiger partial charge on any atom is -0.495 e. The van der Waals surface area contributed by atoms with Gasteiger partial charge in [-0.15, -0.1) is 0 Å². The molecule has 23 heavy (non-hydrogen) atoms. The highest BCUT2D eigenvalue weighted by molar-refractivity contribution is 5.99. The molecule has 1 aromatic carbocycles. The van der Waals surface area contributed by atoms with E-state index >= 15 is 0 Å². The molecule has 0 aromatic heterocycles. The Kier molecular flexibility index (Phi) is 5.98. The number of rotatable bonds is 6. The molecule has 1 saturated heterocycles. The molecule has 1 heterocycles. The van der Waals surface area contributed by atoms with Crippen molar-refractivity contribution >= 4 is 17.5 Å². The van der Waals surface area contributed by atoms with E-state index in [9.17, 15) is 9.59 Å². The van der Waals surface area contributed by atoms with Crippen LogP contribution in [0.15, 0.2) is 18.2 Å².